The first-order valence-electron chi connectivity index (χ1n) is 5.27. The zero-order valence-electron chi connectivity index (χ0n) is 8.75. The number of nitrogens with one attached hydrogen (secondary N) is 2. The monoisotopic (exact) mass is 228 g/mol. The minimum absolute atomic E-state index is 0.199. The number of para-hydroxylation sites is 2. The maximum Gasteiger partial charge on any atom is 0.387 e. The molecular formula is C11H14F2N2O. The van der Waals surface area contributed by atoms with Gasteiger partial charge in [-0.05, 0) is 25.1 Å². The third-order valence-electron chi connectivity index (χ3n) is 2.52. The highest BCUT2D eigenvalue weighted by Crippen LogP contribution is 2.26. The Kier molecular flexibility index (Phi) is 3.56. The van der Waals surface area contributed by atoms with Crippen molar-refractivity contribution in [1.29, 1.82) is 0 Å². The number of benzene rings is 1. The Hall–Kier alpha value is -1.36. The molecule has 3 nitrogen and oxygen atoms in total. The van der Waals surface area contributed by atoms with E-state index in [0.29, 0.717) is 5.69 Å². The summed E-state index contributed by atoms with van der Waals surface area (Å²) in [5.74, 6) is 0.199. The molecule has 88 valence electrons. The smallest absolute Gasteiger partial charge is 0.387 e. The SMILES string of the molecule is FC(F)Oc1ccccc1NC1CCNC1. The quantitative estimate of drug-likeness (QED) is 0.827. The highest BCUT2D eigenvalue weighted by Gasteiger charge is 2.16. The van der Waals surface area contributed by atoms with E-state index < -0.39 is 6.61 Å². The van der Waals surface area contributed by atoms with Gasteiger partial charge in [-0.3, -0.25) is 0 Å². The summed E-state index contributed by atoms with van der Waals surface area (Å²) < 4.78 is 28.7. The van der Waals surface area contributed by atoms with Crippen molar-refractivity contribution < 1.29 is 13.5 Å². The summed E-state index contributed by atoms with van der Waals surface area (Å²) in [5, 5.41) is 6.40. The first kappa shape index (κ1) is 11.1. The number of alkyl halides is 2. The van der Waals surface area contributed by atoms with Crippen LogP contribution in [0.5, 0.6) is 5.75 Å². The Morgan fingerprint density at radius 3 is 2.88 bits per heavy atom. The second-order valence-electron chi connectivity index (χ2n) is 3.71. The first-order chi connectivity index (χ1) is 7.75. The minimum atomic E-state index is -2.79. The van der Waals surface area contributed by atoms with Gasteiger partial charge in [0.2, 0.25) is 0 Å². The molecule has 1 heterocycles. The number of hydrogen-bond donors (Lipinski definition) is 2. The second kappa shape index (κ2) is 5.12. The van der Waals surface area contributed by atoms with E-state index in [9.17, 15) is 8.78 Å². The molecule has 5 heteroatoms. The van der Waals surface area contributed by atoms with E-state index in [0.717, 1.165) is 19.5 Å². The highest BCUT2D eigenvalue weighted by molar-refractivity contribution is 5.56. The number of halogens is 2. The van der Waals surface area contributed by atoms with Crippen LogP contribution in [0.2, 0.25) is 0 Å². The van der Waals surface area contributed by atoms with E-state index in [1.54, 1.807) is 18.2 Å². The van der Waals surface area contributed by atoms with E-state index in [1.165, 1.54) is 6.07 Å². The molecule has 1 fully saturated rings. The van der Waals surface area contributed by atoms with Crippen LogP contribution in [0.1, 0.15) is 6.42 Å². The van der Waals surface area contributed by atoms with E-state index in [1.807, 2.05) is 0 Å². The molecule has 0 radical (unpaired) electrons. The topological polar surface area (TPSA) is 33.3 Å². The van der Waals surface area contributed by atoms with Crippen molar-refractivity contribution in [3.8, 4) is 5.75 Å². The van der Waals surface area contributed by atoms with Crippen LogP contribution in [0.4, 0.5) is 14.5 Å². The molecule has 1 aliphatic heterocycles. The lowest BCUT2D eigenvalue weighted by molar-refractivity contribution is -0.0493. The fraction of sp³-hybridized carbons (Fsp3) is 0.455. The van der Waals surface area contributed by atoms with Crippen LogP contribution in [0.25, 0.3) is 0 Å². The molecule has 0 aromatic heterocycles. The van der Waals surface area contributed by atoms with Gasteiger partial charge in [0, 0.05) is 12.6 Å². The highest BCUT2D eigenvalue weighted by atomic mass is 19.3. The molecular weight excluding hydrogens is 214 g/mol. The van der Waals surface area contributed by atoms with Crippen molar-refractivity contribution >= 4 is 5.69 Å². The molecule has 1 atom stereocenters. The summed E-state index contributed by atoms with van der Waals surface area (Å²) in [5.41, 5.74) is 0.622. The van der Waals surface area contributed by atoms with E-state index >= 15 is 0 Å². The summed E-state index contributed by atoms with van der Waals surface area (Å²) in [6.07, 6.45) is 0.989. The number of anilines is 1. The lowest BCUT2D eigenvalue weighted by Crippen LogP contribution is -2.22. The van der Waals surface area contributed by atoms with Gasteiger partial charge in [0.05, 0.1) is 5.69 Å². The van der Waals surface area contributed by atoms with Crippen molar-refractivity contribution in [3.63, 3.8) is 0 Å². The molecule has 1 saturated heterocycles. The Morgan fingerprint density at radius 2 is 2.19 bits per heavy atom. The largest absolute Gasteiger partial charge is 0.433 e. The van der Waals surface area contributed by atoms with Gasteiger partial charge in [-0.25, -0.2) is 0 Å². The molecule has 1 aliphatic rings. The molecule has 0 aliphatic carbocycles. The molecule has 16 heavy (non-hydrogen) atoms. The van der Waals surface area contributed by atoms with E-state index in [2.05, 4.69) is 15.4 Å². The molecule has 1 aromatic carbocycles. The lowest BCUT2D eigenvalue weighted by Gasteiger charge is -2.16. The zero-order valence-corrected chi connectivity index (χ0v) is 8.75. The Labute approximate surface area is 92.8 Å². The fourth-order valence-corrected chi connectivity index (χ4v) is 1.78. The number of ether oxygens (including phenoxy) is 1. The lowest BCUT2D eigenvalue weighted by atomic mass is 10.2. The third-order valence-corrected chi connectivity index (χ3v) is 2.52. The molecule has 2 rings (SSSR count). The van der Waals surface area contributed by atoms with Crippen LogP contribution >= 0.6 is 0 Å². The van der Waals surface area contributed by atoms with Gasteiger partial charge in [-0.2, -0.15) is 8.78 Å². The maximum absolute atomic E-state index is 12.2. The first-order valence-corrected chi connectivity index (χ1v) is 5.27. The normalized spacial score (nSPS) is 20.1. The van der Waals surface area contributed by atoms with E-state index in [-0.39, 0.29) is 11.8 Å². The standard InChI is InChI=1S/C11H14F2N2O/c12-11(13)16-10-4-2-1-3-9(10)15-8-5-6-14-7-8/h1-4,8,11,14-15H,5-7H2. The summed E-state index contributed by atoms with van der Waals surface area (Å²) >= 11 is 0. The van der Waals surface area contributed by atoms with Crippen LogP contribution in [0, 0.1) is 0 Å². The van der Waals surface area contributed by atoms with Crippen LogP contribution in [0.3, 0.4) is 0 Å². The molecule has 0 saturated carbocycles. The summed E-state index contributed by atoms with van der Waals surface area (Å²) in [4.78, 5) is 0. The molecule has 1 unspecified atom stereocenters. The average Bonchev–Trinajstić information content (AvgIpc) is 2.73. The second-order valence-corrected chi connectivity index (χ2v) is 3.71. The average molecular weight is 228 g/mol. The van der Waals surface area contributed by atoms with Gasteiger partial charge in [0.15, 0.2) is 0 Å². The van der Waals surface area contributed by atoms with E-state index in [4.69, 9.17) is 0 Å². The molecule has 0 amide bonds. The van der Waals surface area contributed by atoms with Crippen LogP contribution in [-0.2, 0) is 0 Å². The van der Waals surface area contributed by atoms with Crippen molar-refractivity contribution in [3.05, 3.63) is 24.3 Å². The van der Waals surface area contributed by atoms with Crippen LogP contribution < -0.4 is 15.4 Å². The Bertz CT molecular complexity index is 341. The molecule has 0 bridgehead atoms. The van der Waals surface area contributed by atoms with Crippen LogP contribution in [-0.4, -0.2) is 25.7 Å². The molecule has 2 N–H and O–H groups in total. The van der Waals surface area contributed by atoms with Gasteiger partial charge < -0.3 is 15.4 Å². The number of rotatable bonds is 4. The van der Waals surface area contributed by atoms with Gasteiger partial charge >= 0.3 is 6.61 Å². The van der Waals surface area contributed by atoms with Crippen molar-refractivity contribution in [2.24, 2.45) is 0 Å². The maximum atomic E-state index is 12.2. The van der Waals surface area contributed by atoms with Crippen molar-refractivity contribution in [2.75, 3.05) is 18.4 Å². The molecule has 1 aromatic rings. The predicted octanol–water partition coefficient (Wildman–Crippen LogP) is 2.06. The molecule has 0 spiro atoms. The van der Waals surface area contributed by atoms with Gasteiger partial charge in [-0.15, -0.1) is 0 Å². The van der Waals surface area contributed by atoms with Crippen molar-refractivity contribution in [2.45, 2.75) is 19.1 Å². The summed E-state index contributed by atoms with van der Waals surface area (Å²) in [6, 6.07) is 7.04. The number of hydrogen-bond acceptors (Lipinski definition) is 3. The summed E-state index contributed by atoms with van der Waals surface area (Å²) in [6.45, 7) is -0.983. The summed E-state index contributed by atoms with van der Waals surface area (Å²) in [7, 11) is 0. The minimum Gasteiger partial charge on any atom is -0.433 e. The third kappa shape index (κ3) is 2.82. The zero-order chi connectivity index (χ0) is 11.4. The van der Waals surface area contributed by atoms with Gasteiger partial charge in [0.1, 0.15) is 5.75 Å². The Morgan fingerprint density at radius 1 is 1.38 bits per heavy atom. The Balaban J connectivity index is 2.06. The van der Waals surface area contributed by atoms with Gasteiger partial charge in [-0.1, -0.05) is 12.1 Å². The predicted molar refractivity (Wildman–Crippen MR) is 58.0 cm³/mol. The van der Waals surface area contributed by atoms with Crippen LogP contribution in [0.15, 0.2) is 24.3 Å². The van der Waals surface area contributed by atoms with Gasteiger partial charge in [0.25, 0.3) is 0 Å². The van der Waals surface area contributed by atoms with Crippen molar-refractivity contribution in [1.82, 2.24) is 5.32 Å². The fourth-order valence-electron chi connectivity index (χ4n) is 1.78.